The summed E-state index contributed by atoms with van der Waals surface area (Å²) in [4.78, 5) is 2.56. The van der Waals surface area contributed by atoms with Gasteiger partial charge in [-0.1, -0.05) is 12.5 Å². The van der Waals surface area contributed by atoms with Crippen LogP contribution < -0.4 is 5.32 Å². The van der Waals surface area contributed by atoms with Gasteiger partial charge in [0, 0.05) is 32.8 Å². The quantitative estimate of drug-likeness (QED) is 0.739. The summed E-state index contributed by atoms with van der Waals surface area (Å²) in [5.74, 6) is 0. The zero-order valence-corrected chi connectivity index (χ0v) is 11.3. The van der Waals surface area contributed by atoms with Gasteiger partial charge in [-0.25, -0.2) is 0 Å². The Morgan fingerprint density at radius 1 is 1.47 bits per heavy atom. The first-order valence-electron chi connectivity index (χ1n) is 7.01. The van der Waals surface area contributed by atoms with Crippen molar-refractivity contribution in [2.45, 2.75) is 39.2 Å². The lowest BCUT2D eigenvalue weighted by molar-refractivity contribution is 0.00237. The van der Waals surface area contributed by atoms with Crippen molar-refractivity contribution in [2.24, 2.45) is 0 Å². The van der Waals surface area contributed by atoms with Crippen molar-refractivity contribution < 1.29 is 4.74 Å². The number of piperidine rings is 1. The minimum atomic E-state index is 0.473. The van der Waals surface area contributed by atoms with Crippen LogP contribution in [0.1, 0.15) is 33.1 Å². The van der Waals surface area contributed by atoms with Crippen molar-refractivity contribution >= 4 is 0 Å². The molecule has 2 saturated heterocycles. The number of hydrogen-bond donors (Lipinski definition) is 1. The Labute approximate surface area is 105 Å². The van der Waals surface area contributed by atoms with E-state index in [0.717, 1.165) is 39.2 Å². The van der Waals surface area contributed by atoms with Gasteiger partial charge in [-0.05, 0) is 38.3 Å². The summed E-state index contributed by atoms with van der Waals surface area (Å²) in [6, 6.07) is 0. The summed E-state index contributed by atoms with van der Waals surface area (Å²) in [5, 5.41) is 3.31. The van der Waals surface area contributed by atoms with E-state index in [-0.39, 0.29) is 0 Å². The van der Waals surface area contributed by atoms with Crippen molar-refractivity contribution in [1.29, 1.82) is 0 Å². The summed E-state index contributed by atoms with van der Waals surface area (Å²) >= 11 is 0. The van der Waals surface area contributed by atoms with Crippen molar-refractivity contribution in [1.82, 2.24) is 10.2 Å². The monoisotopic (exact) mass is 238 g/mol. The van der Waals surface area contributed by atoms with Gasteiger partial charge in [0.05, 0.1) is 6.10 Å². The van der Waals surface area contributed by atoms with Crippen LogP contribution in [0.3, 0.4) is 0 Å². The summed E-state index contributed by atoms with van der Waals surface area (Å²) in [5.41, 5.74) is 3.18. The molecule has 3 nitrogen and oxygen atoms in total. The van der Waals surface area contributed by atoms with E-state index < -0.39 is 0 Å². The van der Waals surface area contributed by atoms with Gasteiger partial charge in [0.1, 0.15) is 0 Å². The summed E-state index contributed by atoms with van der Waals surface area (Å²) in [7, 11) is 0. The highest BCUT2D eigenvalue weighted by Gasteiger charge is 2.21. The van der Waals surface area contributed by atoms with Gasteiger partial charge >= 0.3 is 0 Å². The van der Waals surface area contributed by atoms with Gasteiger partial charge in [-0.3, -0.25) is 4.90 Å². The molecule has 17 heavy (non-hydrogen) atoms. The first-order valence-corrected chi connectivity index (χ1v) is 7.01. The van der Waals surface area contributed by atoms with Crippen molar-refractivity contribution in [3.05, 3.63) is 11.1 Å². The zero-order chi connectivity index (χ0) is 12.1. The summed E-state index contributed by atoms with van der Waals surface area (Å²) in [6.07, 6.45) is 4.13. The topological polar surface area (TPSA) is 24.5 Å². The number of likely N-dealkylation sites (tertiary alicyclic amines) is 1. The highest BCUT2D eigenvalue weighted by Crippen LogP contribution is 2.17. The number of rotatable bonds is 5. The molecule has 2 aliphatic heterocycles. The molecule has 0 spiro atoms. The molecule has 0 bridgehead atoms. The molecule has 0 aromatic carbocycles. The van der Waals surface area contributed by atoms with Gasteiger partial charge < -0.3 is 10.1 Å². The predicted molar refractivity (Wildman–Crippen MR) is 71.3 cm³/mol. The second kappa shape index (κ2) is 6.53. The SMILES string of the molecule is CCCOC1CCCN(CC(C)=C2CNC2)C1. The molecule has 1 atom stereocenters. The molecule has 0 aliphatic carbocycles. The van der Waals surface area contributed by atoms with E-state index in [2.05, 4.69) is 24.1 Å². The van der Waals surface area contributed by atoms with E-state index >= 15 is 0 Å². The van der Waals surface area contributed by atoms with Gasteiger partial charge in [0.15, 0.2) is 0 Å². The molecule has 2 aliphatic rings. The predicted octanol–water partition coefficient (Wildman–Crippen LogP) is 1.80. The molecule has 1 unspecified atom stereocenters. The Morgan fingerprint density at radius 2 is 2.29 bits per heavy atom. The molecule has 0 amide bonds. The minimum Gasteiger partial charge on any atom is -0.377 e. The molecule has 2 rings (SSSR count). The van der Waals surface area contributed by atoms with Crippen LogP contribution in [0.2, 0.25) is 0 Å². The van der Waals surface area contributed by atoms with Crippen LogP contribution in [0.5, 0.6) is 0 Å². The maximum Gasteiger partial charge on any atom is 0.0702 e. The third-order valence-electron chi connectivity index (χ3n) is 3.76. The standard InChI is InChI=1S/C14H26N2O/c1-3-7-17-14-5-4-6-16(11-14)10-12(2)13-8-15-9-13/h14-15H,3-11H2,1-2H3. The lowest BCUT2D eigenvalue weighted by Crippen LogP contribution is -2.42. The van der Waals surface area contributed by atoms with Crippen LogP contribution in [0.15, 0.2) is 11.1 Å². The smallest absolute Gasteiger partial charge is 0.0702 e. The van der Waals surface area contributed by atoms with Crippen LogP contribution in [-0.4, -0.2) is 50.3 Å². The normalized spacial score (nSPS) is 25.8. The Bertz CT molecular complexity index is 269. The molecular weight excluding hydrogens is 212 g/mol. The summed E-state index contributed by atoms with van der Waals surface area (Å²) < 4.78 is 5.87. The first kappa shape index (κ1) is 13.1. The second-order valence-electron chi connectivity index (χ2n) is 5.36. The van der Waals surface area contributed by atoms with Gasteiger partial charge in [-0.2, -0.15) is 0 Å². The Morgan fingerprint density at radius 3 is 2.94 bits per heavy atom. The molecule has 0 saturated carbocycles. The van der Waals surface area contributed by atoms with Gasteiger partial charge in [0.25, 0.3) is 0 Å². The number of nitrogens with zero attached hydrogens (tertiary/aromatic N) is 1. The van der Waals surface area contributed by atoms with Crippen LogP contribution in [0.4, 0.5) is 0 Å². The molecular formula is C14H26N2O. The zero-order valence-electron chi connectivity index (χ0n) is 11.3. The fourth-order valence-corrected chi connectivity index (χ4v) is 2.58. The molecule has 2 fully saturated rings. The Hall–Kier alpha value is -0.380. The van der Waals surface area contributed by atoms with Gasteiger partial charge in [0.2, 0.25) is 0 Å². The van der Waals surface area contributed by atoms with E-state index in [4.69, 9.17) is 4.74 Å². The number of hydrogen-bond acceptors (Lipinski definition) is 3. The van der Waals surface area contributed by atoms with Crippen LogP contribution in [-0.2, 0) is 4.74 Å². The maximum atomic E-state index is 5.87. The molecule has 0 aromatic heterocycles. The van der Waals surface area contributed by atoms with Crippen LogP contribution in [0, 0.1) is 0 Å². The van der Waals surface area contributed by atoms with E-state index in [1.165, 1.54) is 19.4 Å². The van der Waals surface area contributed by atoms with Gasteiger partial charge in [-0.15, -0.1) is 0 Å². The molecule has 0 aromatic rings. The third-order valence-corrected chi connectivity index (χ3v) is 3.76. The molecule has 3 heteroatoms. The minimum absolute atomic E-state index is 0.473. The van der Waals surface area contributed by atoms with Crippen molar-refractivity contribution in [3.63, 3.8) is 0 Å². The molecule has 1 N–H and O–H groups in total. The maximum absolute atomic E-state index is 5.87. The van der Waals surface area contributed by atoms with E-state index in [1.54, 1.807) is 11.1 Å². The van der Waals surface area contributed by atoms with Crippen LogP contribution in [0.25, 0.3) is 0 Å². The second-order valence-corrected chi connectivity index (χ2v) is 5.36. The van der Waals surface area contributed by atoms with E-state index in [9.17, 15) is 0 Å². The number of ether oxygens (including phenoxy) is 1. The highest BCUT2D eigenvalue weighted by atomic mass is 16.5. The van der Waals surface area contributed by atoms with Crippen molar-refractivity contribution in [2.75, 3.05) is 39.3 Å². The Kier molecular flexibility index (Phi) is 5.01. The highest BCUT2D eigenvalue weighted by molar-refractivity contribution is 5.22. The third kappa shape index (κ3) is 3.80. The Balaban J connectivity index is 1.76. The number of nitrogens with one attached hydrogen (secondary N) is 1. The van der Waals surface area contributed by atoms with Crippen LogP contribution >= 0.6 is 0 Å². The largest absolute Gasteiger partial charge is 0.377 e. The average Bonchev–Trinajstić information content (AvgIpc) is 2.24. The fourth-order valence-electron chi connectivity index (χ4n) is 2.58. The fraction of sp³-hybridized carbons (Fsp3) is 0.857. The van der Waals surface area contributed by atoms with Crippen molar-refractivity contribution in [3.8, 4) is 0 Å². The first-order chi connectivity index (χ1) is 8.29. The molecule has 0 radical (unpaired) electrons. The lowest BCUT2D eigenvalue weighted by Gasteiger charge is -2.34. The molecule has 98 valence electrons. The van der Waals surface area contributed by atoms with E-state index in [0.29, 0.717) is 6.10 Å². The lowest BCUT2D eigenvalue weighted by atomic mass is 10.0. The average molecular weight is 238 g/mol. The molecule has 2 heterocycles. The van der Waals surface area contributed by atoms with E-state index in [1.807, 2.05) is 0 Å². The summed E-state index contributed by atoms with van der Waals surface area (Å²) in [6.45, 7) is 11.1.